The molecule has 6 bridgehead atoms. The summed E-state index contributed by atoms with van der Waals surface area (Å²) < 4.78 is 14.3. The number of carbonyl (C=O) groups is 5. The number of fused-ring (bicyclic) bond motifs is 7. The number of aryl methyl sites for hydroxylation is 1. The van der Waals surface area contributed by atoms with E-state index < -0.39 is 41.3 Å². The van der Waals surface area contributed by atoms with Crippen molar-refractivity contribution in [1.82, 2.24) is 40.0 Å². The fraction of sp³-hybridized carbons (Fsp3) is 0.509. The highest BCUT2D eigenvalue weighted by Crippen LogP contribution is 2.42. The second-order valence-electron chi connectivity index (χ2n) is 20.1. The monoisotopic (exact) mass is 929 g/mol. The fourth-order valence-corrected chi connectivity index (χ4v) is 10.9. The Hall–Kier alpha value is -6.06. The molecule has 362 valence electrons. The van der Waals surface area contributed by atoms with Crippen LogP contribution in [0.25, 0.3) is 33.3 Å². The number of benzene rings is 2. The molecule has 4 aliphatic rings. The number of amides is 5. The van der Waals surface area contributed by atoms with Crippen molar-refractivity contribution in [2.75, 3.05) is 40.4 Å². The molecule has 2 aromatic heterocycles. The lowest BCUT2D eigenvalue weighted by molar-refractivity contribution is -0.155. The Balaban J connectivity index is 1.16. The normalized spacial score (nSPS) is 22.6. The number of rotatable bonds is 9. The first-order valence-corrected chi connectivity index (χ1v) is 24.3. The summed E-state index contributed by atoms with van der Waals surface area (Å²) in [5.74, 6) is -1.75. The molecule has 68 heavy (non-hydrogen) atoms. The number of urea groups is 1. The molecule has 0 spiro atoms. The number of nitrogens with zero attached hydrogens (tertiary/aromatic N) is 6. The topological polar surface area (TPSA) is 159 Å². The number of hydrogen-bond acceptors (Lipinski definition) is 9. The highest BCUT2D eigenvalue weighted by molar-refractivity contribution is 5.96. The van der Waals surface area contributed by atoms with Gasteiger partial charge in [0.05, 0.1) is 36.2 Å². The minimum absolute atomic E-state index is 0.0907. The molecule has 1 aliphatic carbocycles. The molecule has 2 aromatic carbocycles. The Morgan fingerprint density at radius 1 is 1.00 bits per heavy atom. The first kappa shape index (κ1) is 48.4. The number of piperazine rings is 1. The lowest BCUT2D eigenvalue weighted by atomic mass is 9.81. The Morgan fingerprint density at radius 2 is 1.74 bits per heavy atom. The van der Waals surface area contributed by atoms with Gasteiger partial charge in [-0.2, -0.15) is 0 Å². The number of hydrogen-bond donors (Lipinski definition) is 2. The average molecular weight is 929 g/mol. The number of ether oxygens (including phenoxy) is 2. The van der Waals surface area contributed by atoms with Crippen molar-refractivity contribution in [1.29, 1.82) is 0 Å². The molecule has 2 N–H and O–H groups in total. The Morgan fingerprint density at radius 3 is 2.44 bits per heavy atom. The second-order valence-corrected chi connectivity index (χ2v) is 20.1. The number of likely N-dealkylation sites (N-methyl/N-ethyl adjacent to an activating group) is 1. The summed E-state index contributed by atoms with van der Waals surface area (Å²) in [7, 11) is 3.33. The second kappa shape index (κ2) is 19.9. The van der Waals surface area contributed by atoms with Crippen molar-refractivity contribution in [2.45, 2.75) is 123 Å². The summed E-state index contributed by atoms with van der Waals surface area (Å²) in [6.45, 7) is 17.7. The minimum atomic E-state index is -1.05. The molecule has 1 saturated carbocycles. The molecule has 6 atom stereocenters. The van der Waals surface area contributed by atoms with Crippen LogP contribution in [0.1, 0.15) is 90.2 Å². The van der Waals surface area contributed by atoms with Gasteiger partial charge in [0.15, 0.2) is 0 Å². The van der Waals surface area contributed by atoms with Gasteiger partial charge >= 0.3 is 12.0 Å². The van der Waals surface area contributed by atoms with Crippen LogP contribution in [-0.2, 0) is 48.0 Å². The molecule has 3 aliphatic heterocycles. The zero-order chi connectivity index (χ0) is 48.6. The van der Waals surface area contributed by atoms with E-state index in [-0.39, 0.29) is 49.1 Å². The SMILES string of the molecule is C=CC(=O)N1CCN(C(=O)N(C)[C@H](C(=O)N[C@H]2Cc3cccc(c3)-c3ccc4c(c3)c(c(-c3cccnc3[C@H](C)OC)n4CC)CC(C)(C)COC(=O)[C@@H]3CCCN(N3)C2=O)C(C)C)[C@@H]2CC[C@@H]21. The third kappa shape index (κ3) is 9.39. The summed E-state index contributed by atoms with van der Waals surface area (Å²) in [6, 6.07) is 15.4. The largest absolute Gasteiger partial charge is 0.464 e. The van der Waals surface area contributed by atoms with Crippen LogP contribution in [0.2, 0.25) is 0 Å². The van der Waals surface area contributed by atoms with Crippen molar-refractivity contribution in [3.05, 3.63) is 90.3 Å². The van der Waals surface area contributed by atoms with Crippen LogP contribution in [0.4, 0.5) is 4.79 Å². The van der Waals surface area contributed by atoms with Crippen LogP contribution in [0, 0.1) is 11.3 Å². The van der Waals surface area contributed by atoms with E-state index in [0.717, 1.165) is 62.9 Å². The van der Waals surface area contributed by atoms with Gasteiger partial charge in [-0.05, 0) is 104 Å². The number of hydrazine groups is 1. The first-order chi connectivity index (χ1) is 32.5. The van der Waals surface area contributed by atoms with Gasteiger partial charge < -0.3 is 34.1 Å². The predicted molar refractivity (Wildman–Crippen MR) is 261 cm³/mol. The van der Waals surface area contributed by atoms with E-state index in [0.29, 0.717) is 45.4 Å². The molecule has 0 radical (unpaired) electrons. The number of nitrogens with one attached hydrogen (secondary N) is 2. The molecule has 5 amide bonds. The number of esters is 1. The average Bonchev–Trinajstić information content (AvgIpc) is 3.63. The number of cyclic esters (lactones) is 1. The molecule has 15 heteroatoms. The Bertz CT molecular complexity index is 2590. The zero-order valence-corrected chi connectivity index (χ0v) is 40.9. The predicted octanol–water partition coefficient (Wildman–Crippen LogP) is 6.68. The lowest BCUT2D eigenvalue weighted by Gasteiger charge is -2.54. The molecule has 15 nitrogen and oxygen atoms in total. The van der Waals surface area contributed by atoms with Crippen LogP contribution in [-0.4, -0.2) is 130 Å². The fourth-order valence-electron chi connectivity index (χ4n) is 10.9. The molecule has 2 saturated heterocycles. The van der Waals surface area contributed by atoms with Crippen LogP contribution >= 0.6 is 0 Å². The van der Waals surface area contributed by atoms with E-state index >= 15 is 0 Å². The lowest BCUT2D eigenvalue weighted by Crippen LogP contribution is -2.69. The van der Waals surface area contributed by atoms with E-state index in [1.54, 1.807) is 30.2 Å². The van der Waals surface area contributed by atoms with Crippen LogP contribution in [0.3, 0.4) is 0 Å². The van der Waals surface area contributed by atoms with E-state index in [1.807, 2.05) is 39.0 Å². The van der Waals surface area contributed by atoms with E-state index in [4.69, 9.17) is 14.5 Å². The smallest absolute Gasteiger partial charge is 0.324 e. The third-order valence-electron chi connectivity index (χ3n) is 14.5. The highest BCUT2D eigenvalue weighted by atomic mass is 16.5. The number of methoxy groups -OCH3 is 1. The van der Waals surface area contributed by atoms with Crippen molar-refractivity contribution < 1.29 is 33.4 Å². The maximum atomic E-state index is 14.8. The molecule has 0 unspecified atom stereocenters. The quantitative estimate of drug-likeness (QED) is 0.138. The summed E-state index contributed by atoms with van der Waals surface area (Å²) in [5, 5.41) is 5.62. The van der Waals surface area contributed by atoms with Crippen LogP contribution in [0.5, 0.6) is 0 Å². The maximum absolute atomic E-state index is 14.8. The van der Waals surface area contributed by atoms with E-state index in [2.05, 4.69) is 79.1 Å². The van der Waals surface area contributed by atoms with Gasteiger partial charge in [-0.1, -0.05) is 64.6 Å². The number of carbonyl (C=O) groups excluding carboxylic acids is 5. The van der Waals surface area contributed by atoms with Crippen molar-refractivity contribution in [3.63, 3.8) is 0 Å². The molecular formula is C53H68N8O7. The van der Waals surface area contributed by atoms with Gasteiger partial charge in [-0.15, -0.1) is 0 Å². The maximum Gasteiger partial charge on any atom is 0.324 e. The van der Waals surface area contributed by atoms with E-state index in [9.17, 15) is 24.0 Å². The van der Waals surface area contributed by atoms with Crippen molar-refractivity contribution in [3.8, 4) is 22.4 Å². The summed E-state index contributed by atoms with van der Waals surface area (Å²) >= 11 is 0. The van der Waals surface area contributed by atoms with Gasteiger partial charge in [-0.3, -0.25) is 29.2 Å². The molecule has 8 rings (SSSR count). The molecule has 4 aromatic rings. The molecule has 3 fully saturated rings. The number of pyridine rings is 1. The van der Waals surface area contributed by atoms with Gasteiger partial charge in [0.25, 0.3) is 5.91 Å². The minimum Gasteiger partial charge on any atom is -0.464 e. The van der Waals surface area contributed by atoms with Crippen LogP contribution < -0.4 is 10.7 Å². The molecular weight excluding hydrogens is 861 g/mol. The number of aromatic nitrogens is 2. The standard InChI is InChI=1S/C53H68N8O7/c1-10-45(62)59-25-26-60(44-22-21-43(44)59)52(66)57(8)47(32(3)4)49(63)55-41-28-34-15-12-16-35(27-34)36-19-20-42-38(29-36)39(48(58(42)11-2)37-17-13-23-54-46(37)33(5)67-9)30-53(6,7)31-68-51(65)40-18-14-24-61(56-40)50(41)64/h10,12-13,15-17,19-20,23,27,29,32-33,40-41,43-44,47,56H,1,11,14,18,21-22,24-26,28,30-31H2,2-9H3,(H,55,63)/t33-,40-,41-,43-,44+,47-/m0/s1. The van der Waals surface area contributed by atoms with E-state index in [1.165, 1.54) is 16.0 Å². The third-order valence-corrected chi connectivity index (χ3v) is 14.5. The van der Waals surface area contributed by atoms with Crippen molar-refractivity contribution >= 4 is 40.6 Å². The highest BCUT2D eigenvalue weighted by Gasteiger charge is 2.48. The van der Waals surface area contributed by atoms with Gasteiger partial charge in [-0.25, -0.2) is 10.2 Å². The van der Waals surface area contributed by atoms with Crippen LogP contribution in [0.15, 0.2) is 73.4 Å². The van der Waals surface area contributed by atoms with Gasteiger partial charge in [0, 0.05) is 74.8 Å². The summed E-state index contributed by atoms with van der Waals surface area (Å²) in [5.41, 5.74) is 10.5. The van der Waals surface area contributed by atoms with Gasteiger partial charge in [0.1, 0.15) is 18.1 Å². The Kier molecular flexibility index (Phi) is 14.2. The van der Waals surface area contributed by atoms with Crippen molar-refractivity contribution in [2.24, 2.45) is 11.3 Å². The summed E-state index contributed by atoms with van der Waals surface area (Å²) in [6.07, 6.45) is 6.17. The Labute approximate surface area is 400 Å². The first-order valence-electron chi connectivity index (χ1n) is 24.3. The molecule has 5 heterocycles. The zero-order valence-electron chi connectivity index (χ0n) is 40.9. The summed E-state index contributed by atoms with van der Waals surface area (Å²) in [4.78, 5) is 80.2. The van der Waals surface area contributed by atoms with Gasteiger partial charge in [0.2, 0.25) is 11.8 Å².